The fourth-order valence-electron chi connectivity index (χ4n) is 2.89. The highest BCUT2D eigenvalue weighted by molar-refractivity contribution is 7.19. The van der Waals surface area contributed by atoms with Crippen molar-refractivity contribution < 1.29 is 9.72 Å². The molecule has 0 bridgehead atoms. The van der Waals surface area contributed by atoms with Gasteiger partial charge in [-0.3, -0.25) is 20.2 Å². The lowest BCUT2D eigenvalue weighted by Gasteiger charge is -2.02. The number of carbonyl (C=O) groups excluding carboxylic acids is 1. The van der Waals surface area contributed by atoms with Gasteiger partial charge < -0.3 is 4.57 Å². The van der Waals surface area contributed by atoms with Crippen molar-refractivity contribution in [2.45, 2.75) is 0 Å². The number of nitrogens with zero attached hydrogens (tertiary/aromatic N) is 4. The number of carbonyl (C=O) groups is 1. The van der Waals surface area contributed by atoms with E-state index in [1.165, 1.54) is 29.5 Å². The van der Waals surface area contributed by atoms with Gasteiger partial charge in [-0.2, -0.15) is 0 Å². The number of hydrogen-bond acceptors (Lipinski definition) is 6. The highest BCUT2D eigenvalue weighted by Crippen LogP contribution is 2.38. The fraction of sp³-hybridized carbons (Fsp3) is 0.0500. The topological polar surface area (TPSA) is 103 Å². The minimum absolute atomic E-state index is 0.0208. The van der Waals surface area contributed by atoms with E-state index in [2.05, 4.69) is 15.3 Å². The van der Waals surface area contributed by atoms with Crippen LogP contribution in [0.25, 0.3) is 22.0 Å². The molecule has 4 rings (SSSR count). The van der Waals surface area contributed by atoms with E-state index < -0.39 is 10.8 Å². The molecule has 8 nitrogen and oxygen atoms in total. The maximum absolute atomic E-state index is 12.7. The van der Waals surface area contributed by atoms with E-state index in [1.54, 1.807) is 12.3 Å². The Morgan fingerprint density at radius 2 is 1.86 bits per heavy atom. The van der Waals surface area contributed by atoms with Gasteiger partial charge in [0.2, 0.25) is 0 Å². The summed E-state index contributed by atoms with van der Waals surface area (Å²) in [5, 5.41) is 14.2. The Bertz CT molecular complexity index is 1200. The fourth-order valence-corrected chi connectivity index (χ4v) is 3.91. The quantitative estimate of drug-likeness (QED) is 0.392. The number of nitrogens with one attached hydrogen (secondary N) is 1. The third kappa shape index (κ3) is 3.63. The lowest BCUT2D eigenvalue weighted by molar-refractivity contribution is -0.385. The highest BCUT2D eigenvalue weighted by atomic mass is 32.1. The van der Waals surface area contributed by atoms with Gasteiger partial charge in [-0.25, -0.2) is 9.97 Å². The van der Waals surface area contributed by atoms with Gasteiger partial charge in [0, 0.05) is 31.1 Å². The van der Waals surface area contributed by atoms with E-state index in [0.29, 0.717) is 16.6 Å². The molecule has 0 spiro atoms. The van der Waals surface area contributed by atoms with Gasteiger partial charge >= 0.3 is 0 Å². The Kier molecular flexibility index (Phi) is 4.88. The number of thiazole rings is 1. The van der Waals surface area contributed by atoms with Gasteiger partial charge in [-0.05, 0) is 6.07 Å². The number of nitro benzene ring substituents is 1. The first kappa shape index (κ1) is 18.5. The highest BCUT2D eigenvalue weighted by Gasteiger charge is 2.23. The molecular weight excluding hydrogens is 390 g/mol. The van der Waals surface area contributed by atoms with Crippen LogP contribution < -0.4 is 5.32 Å². The van der Waals surface area contributed by atoms with Crippen LogP contribution in [0.3, 0.4) is 0 Å². The molecule has 2 heterocycles. The first-order valence-corrected chi connectivity index (χ1v) is 9.45. The van der Waals surface area contributed by atoms with Crippen LogP contribution >= 0.6 is 11.3 Å². The summed E-state index contributed by atoms with van der Waals surface area (Å²) < 4.78 is 1.87. The van der Waals surface area contributed by atoms with Crippen LogP contribution in [0.1, 0.15) is 10.4 Å². The van der Waals surface area contributed by atoms with E-state index in [0.717, 1.165) is 10.4 Å². The van der Waals surface area contributed by atoms with Gasteiger partial charge in [0.15, 0.2) is 11.0 Å². The van der Waals surface area contributed by atoms with Gasteiger partial charge in [0.1, 0.15) is 5.56 Å². The molecule has 9 heteroatoms. The normalized spacial score (nSPS) is 10.7. The molecule has 0 radical (unpaired) electrons. The number of imidazole rings is 1. The second-order valence-electron chi connectivity index (χ2n) is 6.15. The zero-order chi connectivity index (χ0) is 20.4. The van der Waals surface area contributed by atoms with Crippen LogP contribution in [-0.4, -0.2) is 25.4 Å². The molecule has 0 fully saturated rings. The van der Waals surface area contributed by atoms with E-state index in [4.69, 9.17) is 0 Å². The SMILES string of the molecule is Cn1ccnc1-c1sc(NC(=O)c2ccccc2[N+](=O)[O-])nc1-c1ccccc1. The maximum atomic E-state index is 12.7. The standard InChI is InChI=1S/C20H15N5O3S/c1-24-12-11-21-18(24)17-16(13-7-3-2-4-8-13)22-20(29-17)23-19(26)14-9-5-6-10-15(14)25(27)28/h2-12H,1H3,(H,22,23,26). The number of anilines is 1. The molecule has 0 aliphatic rings. The predicted octanol–water partition coefficient (Wildman–Crippen LogP) is 4.37. The van der Waals surface area contributed by atoms with E-state index in [1.807, 2.05) is 48.1 Å². The molecule has 0 saturated heterocycles. The van der Waals surface area contributed by atoms with E-state index in [9.17, 15) is 14.9 Å². The van der Waals surface area contributed by atoms with Crippen LogP contribution in [0.15, 0.2) is 67.0 Å². The Morgan fingerprint density at radius 1 is 1.14 bits per heavy atom. The summed E-state index contributed by atoms with van der Waals surface area (Å²) in [6.07, 6.45) is 3.52. The van der Waals surface area contributed by atoms with Crippen molar-refractivity contribution in [2.75, 3.05) is 5.32 Å². The predicted molar refractivity (Wildman–Crippen MR) is 111 cm³/mol. The lowest BCUT2D eigenvalue weighted by atomic mass is 10.1. The molecular formula is C20H15N5O3S. The molecule has 1 N–H and O–H groups in total. The number of aromatic nitrogens is 3. The second-order valence-corrected chi connectivity index (χ2v) is 7.15. The van der Waals surface area contributed by atoms with E-state index >= 15 is 0 Å². The Balaban J connectivity index is 1.74. The zero-order valence-electron chi connectivity index (χ0n) is 15.3. The van der Waals surface area contributed by atoms with Crippen molar-refractivity contribution in [3.8, 4) is 22.0 Å². The molecule has 0 aliphatic heterocycles. The van der Waals surface area contributed by atoms with Crippen LogP contribution in [0.5, 0.6) is 0 Å². The summed E-state index contributed by atoms with van der Waals surface area (Å²) in [7, 11) is 1.88. The minimum atomic E-state index is -0.586. The number of para-hydroxylation sites is 1. The smallest absolute Gasteiger partial charge is 0.282 e. The monoisotopic (exact) mass is 405 g/mol. The average Bonchev–Trinajstić information content (AvgIpc) is 3.34. The number of nitro groups is 1. The molecule has 0 saturated carbocycles. The molecule has 0 aliphatic carbocycles. The Morgan fingerprint density at radius 3 is 2.55 bits per heavy atom. The number of aryl methyl sites for hydroxylation is 1. The third-order valence-corrected chi connectivity index (χ3v) is 5.23. The van der Waals surface area contributed by atoms with Crippen molar-refractivity contribution in [3.05, 3.63) is 82.7 Å². The molecule has 144 valence electrons. The summed E-state index contributed by atoms with van der Waals surface area (Å²) in [6, 6.07) is 15.4. The van der Waals surface area contributed by atoms with Crippen molar-refractivity contribution in [2.24, 2.45) is 7.05 Å². The van der Waals surface area contributed by atoms with Gasteiger partial charge in [0.05, 0.1) is 15.5 Å². The number of amides is 1. The number of rotatable bonds is 5. The number of benzene rings is 2. The minimum Gasteiger partial charge on any atom is -0.333 e. The third-order valence-electron chi connectivity index (χ3n) is 4.26. The summed E-state index contributed by atoms with van der Waals surface area (Å²) in [5.74, 6) is 0.129. The average molecular weight is 405 g/mol. The summed E-state index contributed by atoms with van der Waals surface area (Å²) in [5.41, 5.74) is 1.29. The van der Waals surface area contributed by atoms with Crippen molar-refractivity contribution in [3.63, 3.8) is 0 Å². The largest absolute Gasteiger partial charge is 0.333 e. The molecule has 1 amide bonds. The van der Waals surface area contributed by atoms with Gasteiger partial charge in [-0.1, -0.05) is 53.8 Å². The molecule has 4 aromatic rings. The molecule has 2 aromatic heterocycles. The summed E-state index contributed by atoms with van der Waals surface area (Å²) in [6.45, 7) is 0. The van der Waals surface area contributed by atoms with Gasteiger partial charge in [0.25, 0.3) is 11.6 Å². The lowest BCUT2D eigenvalue weighted by Crippen LogP contribution is -2.13. The van der Waals surface area contributed by atoms with Crippen LogP contribution in [-0.2, 0) is 7.05 Å². The zero-order valence-corrected chi connectivity index (χ0v) is 16.1. The first-order valence-electron chi connectivity index (χ1n) is 8.63. The summed E-state index contributed by atoms with van der Waals surface area (Å²) >= 11 is 1.27. The van der Waals surface area contributed by atoms with E-state index in [-0.39, 0.29) is 11.3 Å². The maximum Gasteiger partial charge on any atom is 0.282 e. The van der Waals surface area contributed by atoms with Crippen molar-refractivity contribution >= 4 is 28.1 Å². The summed E-state index contributed by atoms with van der Waals surface area (Å²) in [4.78, 5) is 33.1. The van der Waals surface area contributed by atoms with Crippen LogP contribution in [0.2, 0.25) is 0 Å². The van der Waals surface area contributed by atoms with Crippen LogP contribution in [0, 0.1) is 10.1 Å². The first-order chi connectivity index (χ1) is 14.0. The molecule has 29 heavy (non-hydrogen) atoms. The molecule has 0 unspecified atom stereocenters. The Labute approximate surface area is 169 Å². The molecule has 2 aromatic carbocycles. The van der Waals surface area contributed by atoms with Crippen LogP contribution in [0.4, 0.5) is 10.8 Å². The Hall–Kier alpha value is -3.85. The van der Waals surface area contributed by atoms with Gasteiger partial charge in [-0.15, -0.1) is 0 Å². The molecule has 0 atom stereocenters. The van der Waals surface area contributed by atoms with Crippen molar-refractivity contribution in [1.82, 2.24) is 14.5 Å². The number of hydrogen-bond donors (Lipinski definition) is 1. The van der Waals surface area contributed by atoms with Crippen molar-refractivity contribution in [1.29, 1.82) is 0 Å². The second kappa shape index (κ2) is 7.64.